The largest absolute Gasteiger partial charge is 0.442 e. The van der Waals surface area contributed by atoms with Crippen LogP contribution in [0, 0.1) is 18.6 Å². The SMILES string of the molecule is Cc1cc(NC[C@H]2CN(c3cc(F)cc(F)c3)C(=O)O2)sn1. The number of aromatic nitrogens is 1. The third kappa shape index (κ3) is 3.16. The van der Waals surface area contributed by atoms with Gasteiger partial charge in [-0.25, -0.2) is 13.6 Å². The summed E-state index contributed by atoms with van der Waals surface area (Å²) in [5.41, 5.74) is 1.06. The smallest absolute Gasteiger partial charge is 0.414 e. The summed E-state index contributed by atoms with van der Waals surface area (Å²) < 4.78 is 35.8. The van der Waals surface area contributed by atoms with Crippen LogP contribution in [0.25, 0.3) is 0 Å². The van der Waals surface area contributed by atoms with Gasteiger partial charge < -0.3 is 10.1 Å². The van der Waals surface area contributed by atoms with E-state index in [2.05, 4.69) is 9.69 Å². The van der Waals surface area contributed by atoms with E-state index in [1.54, 1.807) is 0 Å². The minimum Gasteiger partial charge on any atom is -0.442 e. The van der Waals surface area contributed by atoms with Crippen LogP contribution < -0.4 is 10.2 Å². The van der Waals surface area contributed by atoms with E-state index in [1.165, 1.54) is 16.4 Å². The highest BCUT2D eigenvalue weighted by molar-refractivity contribution is 7.10. The van der Waals surface area contributed by atoms with E-state index < -0.39 is 23.8 Å². The van der Waals surface area contributed by atoms with Crippen LogP contribution in [0.1, 0.15) is 5.69 Å². The number of anilines is 2. The minimum atomic E-state index is -0.732. The first-order valence-electron chi connectivity index (χ1n) is 6.63. The zero-order chi connectivity index (χ0) is 15.7. The molecule has 1 aliphatic rings. The molecule has 1 aromatic carbocycles. The van der Waals surface area contributed by atoms with Gasteiger partial charge in [-0.1, -0.05) is 0 Å². The Morgan fingerprint density at radius 1 is 1.36 bits per heavy atom. The van der Waals surface area contributed by atoms with Crippen molar-refractivity contribution in [1.82, 2.24) is 4.37 Å². The second-order valence-electron chi connectivity index (χ2n) is 4.96. The zero-order valence-corrected chi connectivity index (χ0v) is 12.5. The van der Waals surface area contributed by atoms with Crippen molar-refractivity contribution >= 4 is 28.3 Å². The Kier molecular flexibility index (Phi) is 3.93. The average molecular weight is 325 g/mol. The lowest BCUT2D eigenvalue weighted by Gasteiger charge is -2.13. The molecule has 1 atom stereocenters. The van der Waals surface area contributed by atoms with Gasteiger partial charge in [0.1, 0.15) is 22.7 Å². The Labute approximate surface area is 129 Å². The highest BCUT2D eigenvalue weighted by atomic mass is 32.1. The van der Waals surface area contributed by atoms with Gasteiger partial charge in [-0.2, -0.15) is 4.37 Å². The molecule has 22 heavy (non-hydrogen) atoms. The molecule has 2 aromatic rings. The van der Waals surface area contributed by atoms with E-state index >= 15 is 0 Å². The van der Waals surface area contributed by atoms with Gasteiger partial charge in [-0.05, 0) is 36.7 Å². The van der Waals surface area contributed by atoms with Crippen LogP contribution >= 0.6 is 11.5 Å². The Balaban J connectivity index is 1.65. The highest BCUT2D eigenvalue weighted by Gasteiger charge is 2.32. The monoisotopic (exact) mass is 325 g/mol. The Morgan fingerprint density at radius 2 is 2.09 bits per heavy atom. The molecule has 0 spiro atoms. The number of aryl methyl sites for hydroxylation is 1. The molecule has 1 N–H and O–H groups in total. The second kappa shape index (κ2) is 5.88. The van der Waals surface area contributed by atoms with Gasteiger partial charge in [-0.3, -0.25) is 4.90 Å². The first-order chi connectivity index (χ1) is 10.5. The van der Waals surface area contributed by atoms with Gasteiger partial charge >= 0.3 is 6.09 Å². The summed E-state index contributed by atoms with van der Waals surface area (Å²) in [5.74, 6) is -1.46. The molecule has 0 bridgehead atoms. The van der Waals surface area contributed by atoms with Crippen molar-refractivity contribution in [2.45, 2.75) is 13.0 Å². The molecule has 1 fully saturated rings. The number of carbonyl (C=O) groups is 1. The standard InChI is InChI=1S/C14H13F2N3O2S/c1-8-2-13(22-18-8)17-6-12-7-19(14(20)21-12)11-4-9(15)3-10(16)5-11/h2-5,12,17H,6-7H2,1H3/t12-/m0/s1. The molecule has 5 nitrogen and oxygen atoms in total. The summed E-state index contributed by atoms with van der Waals surface area (Å²) in [6.45, 7) is 2.52. The summed E-state index contributed by atoms with van der Waals surface area (Å²) in [6.07, 6.45) is -1.02. The van der Waals surface area contributed by atoms with Crippen LogP contribution in [-0.2, 0) is 4.74 Å². The lowest BCUT2D eigenvalue weighted by atomic mass is 10.2. The third-order valence-electron chi connectivity index (χ3n) is 3.16. The summed E-state index contributed by atoms with van der Waals surface area (Å²) in [5, 5.41) is 4.01. The molecular weight excluding hydrogens is 312 g/mol. The van der Waals surface area contributed by atoms with Crippen molar-refractivity contribution in [1.29, 1.82) is 0 Å². The van der Waals surface area contributed by atoms with E-state index in [0.717, 1.165) is 28.9 Å². The van der Waals surface area contributed by atoms with E-state index in [4.69, 9.17) is 4.74 Å². The molecule has 0 saturated carbocycles. The van der Waals surface area contributed by atoms with Crippen LogP contribution in [0.5, 0.6) is 0 Å². The van der Waals surface area contributed by atoms with Crippen LogP contribution in [0.3, 0.4) is 0 Å². The fraction of sp³-hybridized carbons (Fsp3) is 0.286. The number of nitrogens with one attached hydrogen (secondary N) is 1. The van der Waals surface area contributed by atoms with Gasteiger partial charge in [0.15, 0.2) is 0 Å². The van der Waals surface area contributed by atoms with Crippen molar-refractivity contribution in [3.05, 3.63) is 41.6 Å². The molecule has 0 aliphatic carbocycles. The number of ether oxygens (including phenoxy) is 1. The van der Waals surface area contributed by atoms with Gasteiger partial charge in [0.05, 0.1) is 24.5 Å². The topological polar surface area (TPSA) is 54.5 Å². The van der Waals surface area contributed by atoms with Crippen LogP contribution in [0.4, 0.5) is 24.3 Å². The van der Waals surface area contributed by atoms with Gasteiger partial charge in [0.25, 0.3) is 0 Å². The Hall–Kier alpha value is -2.22. The molecule has 2 heterocycles. The average Bonchev–Trinajstić information content (AvgIpc) is 3.01. The maximum Gasteiger partial charge on any atom is 0.414 e. The number of hydrogen-bond acceptors (Lipinski definition) is 5. The number of rotatable bonds is 4. The van der Waals surface area contributed by atoms with Gasteiger partial charge in [0, 0.05) is 6.07 Å². The van der Waals surface area contributed by atoms with Crippen molar-refractivity contribution in [3.8, 4) is 0 Å². The number of hydrogen-bond donors (Lipinski definition) is 1. The molecule has 0 radical (unpaired) electrons. The molecule has 1 amide bonds. The molecular formula is C14H13F2N3O2S. The maximum absolute atomic E-state index is 13.2. The molecule has 0 unspecified atom stereocenters. The molecule has 116 valence electrons. The minimum absolute atomic E-state index is 0.152. The highest BCUT2D eigenvalue weighted by Crippen LogP contribution is 2.24. The van der Waals surface area contributed by atoms with E-state index in [1.807, 2.05) is 13.0 Å². The lowest BCUT2D eigenvalue weighted by molar-refractivity contribution is 0.147. The van der Waals surface area contributed by atoms with E-state index in [9.17, 15) is 13.6 Å². The van der Waals surface area contributed by atoms with Gasteiger partial charge in [0.2, 0.25) is 0 Å². The fourth-order valence-corrected chi connectivity index (χ4v) is 2.86. The summed E-state index contributed by atoms with van der Waals surface area (Å²) >= 11 is 1.32. The van der Waals surface area contributed by atoms with Crippen molar-refractivity contribution in [2.24, 2.45) is 0 Å². The second-order valence-corrected chi connectivity index (χ2v) is 5.76. The lowest BCUT2D eigenvalue weighted by Crippen LogP contribution is -2.27. The summed E-state index contributed by atoms with van der Waals surface area (Å²) in [4.78, 5) is 13.1. The van der Waals surface area contributed by atoms with Crippen molar-refractivity contribution in [2.75, 3.05) is 23.3 Å². The van der Waals surface area contributed by atoms with E-state index in [0.29, 0.717) is 6.54 Å². The summed E-state index contributed by atoms with van der Waals surface area (Å²) in [6, 6.07) is 4.86. The molecule has 8 heteroatoms. The van der Waals surface area contributed by atoms with Gasteiger partial charge in [-0.15, -0.1) is 0 Å². The Morgan fingerprint density at radius 3 is 2.73 bits per heavy atom. The first kappa shape index (κ1) is 14.7. The molecule has 1 aliphatic heterocycles. The third-order valence-corrected chi connectivity index (χ3v) is 4.00. The molecule has 1 saturated heterocycles. The maximum atomic E-state index is 13.2. The molecule has 1 aromatic heterocycles. The number of halogens is 2. The fourth-order valence-electron chi connectivity index (χ4n) is 2.20. The number of amides is 1. The number of nitrogens with zero attached hydrogens (tertiary/aromatic N) is 2. The predicted molar refractivity (Wildman–Crippen MR) is 79.3 cm³/mol. The van der Waals surface area contributed by atoms with E-state index in [-0.39, 0.29) is 12.2 Å². The van der Waals surface area contributed by atoms with Crippen molar-refractivity contribution < 1.29 is 18.3 Å². The summed E-state index contributed by atoms with van der Waals surface area (Å²) in [7, 11) is 0. The predicted octanol–water partition coefficient (Wildman–Crippen LogP) is 3.17. The normalized spacial score (nSPS) is 17.7. The Bertz CT molecular complexity index is 687. The van der Waals surface area contributed by atoms with Crippen LogP contribution in [0.15, 0.2) is 24.3 Å². The zero-order valence-electron chi connectivity index (χ0n) is 11.7. The van der Waals surface area contributed by atoms with Crippen molar-refractivity contribution in [3.63, 3.8) is 0 Å². The number of carbonyl (C=O) groups excluding carboxylic acids is 1. The van der Waals surface area contributed by atoms with Crippen LogP contribution in [-0.4, -0.2) is 29.7 Å². The number of benzene rings is 1. The molecule has 3 rings (SSSR count). The number of cyclic esters (lactones) is 1. The quantitative estimate of drug-likeness (QED) is 0.938. The van der Waals surface area contributed by atoms with Crippen LogP contribution in [0.2, 0.25) is 0 Å². The first-order valence-corrected chi connectivity index (χ1v) is 7.40.